The fraction of sp³-hybridized carbons (Fsp3) is 0.600. The van der Waals surface area contributed by atoms with Crippen LogP contribution in [0.5, 0.6) is 0 Å². The molecule has 0 atom stereocenters. The van der Waals surface area contributed by atoms with Gasteiger partial charge < -0.3 is 20.3 Å². The molecule has 1 fully saturated rings. The first-order chi connectivity index (χ1) is 9.08. The minimum absolute atomic E-state index is 0.0142. The van der Waals surface area contributed by atoms with Crippen LogP contribution in [0.4, 0.5) is 5.82 Å². The molecular formula is C10H14ClN5O3. The average molecular weight is 288 g/mol. The van der Waals surface area contributed by atoms with Gasteiger partial charge in [-0.15, -0.1) is 0 Å². The van der Waals surface area contributed by atoms with Crippen LogP contribution in [0.15, 0.2) is 6.20 Å². The van der Waals surface area contributed by atoms with Gasteiger partial charge in [-0.1, -0.05) is 11.6 Å². The van der Waals surface area contributed by atoms with Gasteiger partial charge in [0.05, 0.1) is 17.8 Å². The van der Waals surface area contributed by atoms with Crippen molar-refractivity contribution >= 4 is 23.3 Å². The zero-order valence-corrected chi connectivity index (χ0v) is 11.0. The quantitative estimate of drug-likeness (QED) is 0.633. The van der Waals surface area contributed by atoms with E-state index in [9.17, 15) is 14.9 Å². The molecule has 0 saturated carbocycles. The van der Waals surface area contributed by atoms with Gasteiger partial charge in [0.15, 0.2) is 5.02 Å². The summed E-state index contributed by atoms with van der Waals surface area (Å²) in [7, 11) is 0. The van der Waals surface area contributed by atoms with Crippen molar-refractivity contribution in [2.45, 2.75) is 13.0 Å². The van der Waals surface area contributed by atoms with Crippen molar-refractivity contribution < 1.29 is 9.72 Å². The maximum absolute atomic E-state index is 11.9. The Balaban J connectivity index is 1.89. The number of amides is 1. The molecule has 0 radical (unpaired) electrons. The topological polar surface area (TPSA) is 93.3 Å². The lowest BCUT2D eigenvalue weighted by atomic mass is 10.3. The van der Waals surface area contributed by atoms with Crippen LogP contribution in [0.3, 0.4) is 0 Å². The summed E-state index contributed by atoms with van der Waals surface area (Å²) < 4.78 is 1.33. The predicted octanol–water partition coefficient (Wildman–Crippen LogP) is 0.267. The van der Waals surface area contributed by atoms with Crippen molar-refractivity contribution in [2.24, 2.45) is 0 Å². The molecule has 2 rings (SSSR count). The second kappa shape index (κ2) is 5.98. The molecule has 8 nitrogen and oxygen atoms in total. The van der Waals surface area contributed by atoms with Crippen LogP contribution in [0.25, 0.3) is 0 Å². The summed E-state index contributed by atoms with van der Waals surface area (Å²) in [5, 5.41) is 17.5. The molecule has 9 heteroatoms. The number of piperazine rings is 1. The molecule has 2 heterocycles. The van der Waals surface area contributed by atoms with Crippen LogP contribution in [0, 0.1) is 10.1 Å². The summed E-state index contributed by atoms with van der Waals surface area (Å²) in [5.41, 5.74) is 0. The molecule has 0 bridgehead atoms. The lowest BCUT2D eigenvalue weighted by Crippen LogP contribution is -2.46. The highest BCUT2D eigenvalue weighted by Crippen LogP contribution is 2.21. The summed E-state index contributed by atoms with van der Waals surface area (Å²) in [6.07, 6.45) is 1.62. The van der Waals surface area contributed by atoms with Crippen molar-refractivity contribution in [2.75, 3.05) is 26.2 Å². The largest absolute Gasteiger partial charge is 0.408 e. The van der Waals surface area contributed by atoms with Gasteiger partial charge >= 0.3 is 5.82 Å². The molecule has 19 heavy (non-hydrogen) atoms. The second-order valence-corrected chi connectivity index (χ2v) is 4.61. The molecule has 1 saturated heterocycles. The Hall–Kier alpha value is -1.67. The number of nitrogens with zero attached hydrogens (tertiary/aromatic N) is 4. The highest BCUT2D eigenvalue weighted by Gasteiger charge is 2.21. The van der Waals surface area contributed by atoms with E-state index in [0.717, 1.165) is 13.1 Å². The fourth-order valence-electron chi connectivity index (χ4n) is 1.91. The van der Waals surface area contributed by atoms with E-state index in [0.29, 0.717) is 13.1 Å². The molecule has 1 N–H and O–H groups in total. The van der Waals surface area contributed by atoms with Crippen LogP contribution in [0.1, 0.15) is 6.42 Å². The standard InChI is InChI=1S/C10H14ClN5O3/c11-8-7-15(13-10(8)16(18)19)4-1-9(17)14-5-2-12-3-6-14/h7,12H,1-6H2. The van der Waals surface area contributed by atoms with Gasteiger partial charge in [-0.2, -0.15) is 4.68 Å². The van der Waals surface area contributed by atoms with E-state index in [2.05, 4.69) is 10.4 Å². The van der Waals surface area contributed by atoms with E-state index in [1.807, 2.05) is 0 Å². The fourth-order valence-corrected chi connectivity index (χ4v) is 2.13. The van der Waals surface area contributed by atoms with Crippen molar-refractivity contribution in [3.05, 3.63) is 21.3 Å². The van der Waals surface area contributed by atoms with Gasteiger partial charge in [-0.05, 0) is 4.92 Å². The third kappa shape index (κ3) is 3.42. The SMILES string of the molecule is O=C(CCn1cc(Cl)c([N+](=O)[O-])n1)N1CCNCC1. The number of rotatable bonds is 4. The number of halogens is 1. The summed E-state index contributed by atoms with van der Waals surface area (Å²) in [4.78, 5) is 23.6. The Morgan fingerprint density at radius 3 is 2.79 bits per heavy atom. The minimum atomic E-state index is -0.642. The molecule has 1 aromatic heterocycles. The number of aryl methyl sites for hydroxylation is 1. The lowest BCUT2D eigenvalue weighted by molar-refractivity contribution is -0.389. The van der Waals surface area contributed by atoms with Gasteiger partial charge in [-0.3, -0.25) is 4.79 Å². The highest BCUT2D eigenvalue weighted by molar-refractivity contribution is 6.32. The molecule has 1 aliphatic heterocycles. The zero-order valence-electron chi connectivity index (χ0n) is 10.2. The van der Waals surface area contributed by atoms with E-state index < -0.39 is 4.92 Å². The van der Waals surface area contributed by atoms with Gasteiger partial charge in [0, 0.05) is 32.6 Å². The van der Waals surface area contributed by atoms with Crippen LogP contribution >= 0.6 is 11.6 Å². The molecule has 1 aromatic rings. The molecular weight excluding hydrogens is 274 g/mol. The molecule has 0 spiro atoms. The number of carbonyl (C=O) groups is 1. The number of nitrogens with one attached hydrogen (secondary N) is 1. The highest BCUT2D eigenvalue weighted by atomic mass is 35.5. The van der Waals surface area contributed by atoms with Crippen molar-refractivity contribution in [1.29, 1.82) is 0 Å². The smallest absolute Gasteiger partial charge is 0.358 e. The number of hydrogen-bond donors (Lipinski definition) is 1. The zero-order chi connectivity index (χ0) is 13.8. The number of hydrogen-bond acceptors (Lipinski definition) is 5. The van der Waals surface area contributed by atoms with Crippen LogP contribution in [-0.4, -0.2) is 51.7 Å². The summed E-state index contributed by atoms with van der Waals surface area (Å²) in [5.74, 6) is -0.355. The maximum atomic E-state index is 11.9. The third-order valence-electron chi connectivity index (χ3n) is 2.90. The normalized spacial score (nSPS) is 15.5. The monoisotopic (exact) mass is 287 g/mol. The Morgan fingerprint density at radius 1 is 1.53 bits per heavy atom. The van der Waals surface area contributed by atoms with E-state index in [1.54, 1.807) is 4.90 Å². The van der Waals surface area contributed by atoms with Gasteiger partial charge in [-0.25, -0.2) is 0 Å². The first kappa shape index (κ1) is 13.8. The van der Waals surface area contributed by atoms with Gasteiger partial charge in [0.1, 0.15) is 0 Å². The maximum Gasteiger partial charge on any atom is 0.408 e. The van der Waals surface area contributed by atoms with Crippen molar-refractivity contribution in [3.63, 3.8) is 0 Å². The van der Waals surface area contributed by atoms with Crippen LogP contribution in [0.2, 0.25) is 5.02 Å². The Kier molecular flexibility index (Phi) is 4.33. The first-order valence-electron chi connectivity index (χ1n) is 5.94. The first-order valence-corrected chi connectivity index (χ1v) is 6.31. The van der Waals surface area contributed by atoms with Gasteiger partial charge in [0.25, 0.3) is 0 Å². The van der Waals surface area contributed by atoms with Gasteiger partial charge in [0.2, 0.25) is 5.91 Å². The summed E-state index contributed by atoms with van der Waals surface area (Å²) in [6, 6.07) is 0. The molecule has 0 unspecified atom stereocenters. The van der Waals surface area contributed by atoms with E-state index in [1.165, 1.54) is 10.9 Å². The Morgan fingerprint density at radius 2 is 2.21 bits per heavy atom. The average Bonchev–Trinajstić information content (AvgIpc) is 2.78. The number of nitro groups is 1. The van der Waals surface area contributed by atoms with Crippen molar-refractivity contribution in [3.8, 4) is 0 Å². The Bertz CT molecular complexity index is 484. The van der Waals surface area contributed by atoms with Crippen LogP contribution in [-0.2, 0) is 11.3 Å². The van der Waals surface area contributed by atoms with Crippen molar-refractivity contribution in [1.82, 2.24) is 20.0 Å². The lowest BCUT2D eigenvalue weighted by Gasteiger charge is -2.27. The summed E-state index contributed by atoms with van der Waals surface area (Å²) >= 11 is 5.68. The molecule has 1 amide bonds. The molecule has 104 valence electrons. The molecule has 1 aliphatic rings. The Labute approximate surface area is 114 Å². The number of aromatic nitrogens is 2. The molecule has 0 aliphatic carbocycles. The molecule has 0 aromatic carbocycles. The van der Waals surface area contributed by atoms with Crippen LogP contribution < -0.4 is 5.32 Å². The minimum Gasteiger partial charge on any atom is -0.358 e. The third-order valence-corrected chi connectivity index (χ3v) is 3.16. The van der Waals surface area contributed by atoms with E-state index >= 15 is 0 Å². The van der Waals surface area contributed by atoms with E-state index in [-0.39, 0.29) is 29.7 Å². The number of carbonyl (C=O) groups excluding carboxylic acids is 1. The predicted molar refractivity (Wildman–Crippen MR) is 68.0 cm³/mol. The second-order valence-electron chi connectivity index (χ2n) is 4.20. The summed E-state index contributed by atoms with van der Waals surface area (Å²) in [6.45, 7) is 3.27. The van der Waals surface area contributed by atoms with E-state index in [4.69, 9.17) is 11.6 Å².